The number of furan rings is 1. The summed E-state index contributed by atoms with van der Waals surface area (Å²) in [6.45, 7) is 1.81. The summed E-state index contributed by atoms with van der Waals surface area (Å²) in [5.41, 5.74) is 1.31. The third-order valence-corrected chi connectivity index (χ3v) is 4.28. The van der Waals surface area contributed by atoms with Crippen LogP contribution in [-0.4, -0.2) is 36.1 Å². The molecule has 0 radical (unpaired) electrons. The minimum atomic E-state index is -0.218. The van der Waals surface area contributed by atoms with Crippen molar-refractivity contribution in [2.75, 3.05) is 25.3 Å². The molecule has 0 aliphatic carbocycles. The molecule has 0 unspecified atom stereocenters. The Kier molecular flexibility index (Phi) is 5.47. The number of carbonyl (C=O) groups excluding carboxylic acids is 1. The Labute approximate surface area is 153 Å². The molecule has 8 nitrogen and oxygen atoms in total. The van der Waals surface area contributed by atoms with E-state index in [1.807, 2.05) is 6.92 Å². The van der Waals surface area contributed by atoms with E-state index in [4.69, 9.17) is 18.3 Å². The summed E-state index contributed by atoms with van der Waals surface area (Å²) in [4.78, 5) is 12.2. The van der Waals surface area contributed by atoms with E-state index in [9.17, 15) is 4.79 Å². The van der Waals surface area contributed by atoms with Crippen LogP contribution in [-0.2, 0) is 4.79 Å². The lowest BCUT2D eigenvalue weighted by atomic mass is 10.2. The highest BCUT2D eigenvalue weighted by Crippen LogP contribution is 2.28. The van der Waals surface area contributed by atoms with Gasteiger partial charge in [-0.2, -0.15) is 0 Å². The molecular weight excluding hydrogens is 358 g/mol. The Morgan fingerprint density at radius 1 is 1.19 bits per heavy atom. The second kappa shape index (κ2) is 7.96. The summed E-state index contributed by atoms with van der Waals surface area (Å²) in [6, 6.07) is 6.89. The van der Waals surface area contributed by atoms with Crippen LogP contribution in [0.25, 0.3) is 11.5 Å². The third kappa shape index (κ3) is 4.17. The van der Waals surface area contributed by atoms with Crippen LogP contribution in [0.5, 0.6) is 11.5 Å². The molecule has 3 rings (SSSR count). The van der Waals surface area contributed by atoms with Gasteiger partial charge in [0.15, 0.2) is 0 Å². The maximum atomic E-state index is 12.2. The molecule has 26 heavy (non-hydrogen) atoms. The number of aromatic nitrogens is 2. The Hall–Kier alpha value is -2.94. The van der Waals surface area contributed by atoms with Crippen LogP contribution in [0.1, 0.15) is 5.76 Å². The predicted octanol–water partition coefficient (Wildman–Crippen LogP) is 3.39. The molecule has 0 saturated heterocycles. The second-order valence-electron chi connectivity index (χ2n) is 5.20. The molecular formula is C17H17N3O5S. The number of thioether (sulfide) groups is 1. The van der Waals surface area contributed by atoms with Crippen LogP contribution in [0, 0.1) is 6.92 Å². The van der Waals surface area contributed by atoms with Crippen LogP contribution >= 0.6 is 11.8 Å². The molecule has 1 aromatic carbocycles. The standard InChI is InChI=1S/C17H17N3O5S/c1-10-14(4-5-24-10)16-19-20-17(25-16)26-9-15(21)18-11-6-12(22-2)8-13(7-11)23-3/h4-8H,9H2,1-3H3,(H,18,21). The van der Waals surface area contributed by atoms with Crippen molar-refractivity contribution >= 4 is 23.4 Å². The normalized spacial score (nSPS) is 10.6. The maximum absolute atomic E-state index is 12.2. The fraction of sp³-hybridized carbons (Fsp3) is 0.235. The van der Waals surface area contributed by atoms with E-state index in [1.165, 1.54) is 0 Å². The minimum Gasteiger partial charge on any atom is -0.497 e. The molecule has 0 aliphatic rings. The van der Waals surface area contributed by atoms with E-state index in [0.717, 1.165) is 17.3 Å². The van der Waals surface area contributed by atoms with Crippen LogP contribution in [0.4, 0.5) is 5.69 Å². The summed E-state index contributed by atoms with van der Waals surface area (Å²) in [7, 11) is 3.09. The maximum Gasteiger partial charge on any atom is 0.277 e. The van der Waals surface area contributed by atoms with E-state index < -0.39 is 0 Å². The number of hydrogen-bond donors (Lipinski definition) is 1. The molecule has 1 N–H and O–H groups in total. The molecule has 1 amide bonds. The molecule has 3 aromatic rings. The number of nitrogens with one attached hydrogen (secondary N) is 1. The summed E-state index contributed by atoms with van der Waals surface area (Å²) < 4.78 is 21.1. The second-order valence-corrected chi connectivity index (χ2v) is 6.13. The van der Waals surface area contributed by atoms with Gasteiger partial charge < -0.3 is 23.6 Å². The largest absolute Gasteiger partial charge is 0.497 e. The van der Waals surface area contributed by atoms with E-state index in [0.29, 0.717) is 34.1 Å². The Balaban J connectivity index is 1.60. The fourth-order valence-corrected chi connectivity index (χ4v) is 2.75. The third-order valence-electron chi connectivity index (χ3n) is 3.46. The number of carbonyl (C=O) groups is 1. The van der Waals surface area contributed by atoms with Gasteiger partial charge in [-0.1, -0.05) is 11.8 Å². The molecule has 0 spiro atoms. The average molecular weight is 375 g/mol. The van der Waals surface area contributed by atoms with Crippen molar-refractivity contribution in [3.8, 4) is 23.0 Å². The summed E-state index contributed by atoms with van der Waals surface area (Å²) in [6.07, 6.45) is 1.55. The summed E-state index contributed by atoms with van der Waals surface area (Å²) in [5, 5.41) is 11.0. The van der Waals surface area contributed by atoms with Gasteiger partial charge in [-0.25, -0.2) is 0 Å². The topological polar surface area (TPSA) is 99.6 Å². The molecule has 136 valence electrons. The number of aryl methyl sites for hydroxylation is 1. The van der Waals surface area contributed by atoms with E-state index >= 15 is 0 Å². The zero-order valence-electron chi connectivity index (χ0n) is 14.4. The highest BCUT2D eigenvalue weighted by atomic mass is 32.2. The highest BCUT2D eigenvalue weighted by Gasteiger charge is 2.14. The molecule has 2 aromatic heterocycles. The van der Waals surface area contributed by atoms with Gasteiger partial charge in [0.05, 0.1) is 31.8 Å². The summed E-state index contributed by atoms with van der Waals surface area (Å²) >= 11 is 1.15. The lowest BCUT2D eigenvalue weighted by molar-refractivity contribution is -0.113. The van der Waals surface area contributed by atoms with Crippen molar-refractivity contribution in [3.05, 3.63) is 36.3 Å². The number of rotatable bonds is 7. The number of benzene rings is 1. The van der Waals surface area contributed by atoms with Gasteiger partial charge in [0.25, 0.3) is 11.1 Å². The highest BCUT2D eigenvalue weighted by molar-refractivity contribution is 7.99. The Bertz CT molecular complexity index is 883. The van der Waals surface area contributed by atoms with E-state index in [1.54, 1.807) is 44.7 Å². The van der Waals surface area contributed by atoms with Gasteiger partial charge in [0, 0.05) is 23.9 Å². The van der Waals surface area contributed by atoms with Crippen LogP contribution < -0.4 is 14.8 Å². The van der Waals surface area contributed by atoms with Crippen molar-refractivity contribution in [3.63, 3.8) is 0 Å². The number of amides is 1. The first-order valence-corrected chi connectivity index (χ1v) is 8.61. The van der Waals surface area contributed by atoms with Crippen molar-refractivity contribution in [1.29, 1.82) is 0 Å². The lowest BCUT2D eigenvalue weighted by Gasteiger charge is -2.09. The zero-order valence-corrected chi connectivity index (χ0v) is 15.3. The van der Waals surface area contributed by atoms with Crippen LogP contribution in [0.2, 0.25) is 0 Å². The van der Waals surface area contributed by atoms with Gasteiger partial charge >= 0.3 is 0 Å². The Morgan fingerprint density at radius 3 is 2.54 bits per heavy atom. The van der Waals surface area contributed by atoms with Crippen LogP contribution in [0.3, 0.4) is 0 Å². The van der Waals surface area contributed by atoms with E-state index in [-0.39, 0.29) is 11.7 Å². The van der Waals surface area contributed by atoms with Crippen molar-refractivity contribution < 1.29 is 23.1 Å². The van der Waals surface area contributed by atoms with Crippen molar-refractivity contribution in [2.45, 2.75) is 12.1 Å². The minimum absolute atomic E-state index is 0.117. The number of methoxy groups -OCH3 is 2. The quantitative estimate of drug-likeness (QED) is 0.627. The lowest BCUT2D eigenvalue weighted by Crippen LogP contribution is -2.14. The fourth-order valence-electron chi connectivity index (χ4n) is 2.19. The molecule has 0 aliphatic heterocycles. The number of hydrogen-bond acceptors (Lipinski definition) is 8. The smallest absolute Gasteiger partial charge is 0.277 e. The summed E-state index contributed by atoms with van der Waals surface area (Å²) in [5.74, 6) is 2.12. The monoisotopic (exact) mass is 375 g/mol. The molecule has 9 heteroatoms. The molecule has 0 bridgehead atoms. The molecule has 2 heterocycles. The molecule has 0 saturated carbocycles. The zero-order chi connectivity index (χ0) is 18.5. The van der Waals surface area contributed by atoms with Gasteiger partial charge in [-0.3, -0.25) is 4.79 Å². The SMILES string of the molecule is COc1cc(NC(=O)CSc2nnc(-c3ccoc3C)o2)cc(OC)c1. The number of ether oxygens (including phenoxy) is 2. The van der Waals surface area contributed by atoms with Crippen molar-refractivity contribution in [1.82, 2.24) is 10.2 Å². The van der Waals surface area contributed by atoms with Gasteiger partial charge in [0.2, 0.25) is 5.91 Å². The average Bonchev–Trinajstić information content (AvgIpc) is 3.28. The molecule has 0 atom stereocenters. The first-order chi connectivity index (χ1) is 12.6. The van der Waals surface area contributed by atoms with E-state index in [2.05, 4.69) is 15.5 Å². The number of nitrogens with zero attached hydrogens (tertiary/aromatic N) is 2. The van der Waals surface area contributed by atoms with Gasteiger partial charge in [-0.05, 0) is 13.0 Å². The molecule has 0 fully saturated rings. The predicted molar refractivity (Wildman–Crippen MR) is 95.6 cm³/mol. The van der Waals surface area contributed by atoms with Crippen molar-refractivity contribution in [2.24, 2.45) is 0 Å². The number of anilines is 1. The van der Waals surface area contributed by atoms with Gasteiger partial charge in [-0.15, -0.1) is 10.2 Å². The first-order valence-electron chi connectivity index (χ1n) is 7.62. The Morgan fingerprint density at radius 2 is 1.92 bits per heavy atom. The van der Waals surface area contributed by atoms with Gasteiger partial charge in [0.1, 0.15) is 17.3 Å². The van der Waals surface area contributed by atoms with Crippen LogP contribution in [0.15, 0.2) is 44.6 Å². The first kappa shape index (κ1) is 17.9.